The van der Waals surface area contributed by atoms with E-state index in [0.717, 1.165) is 27.0 Å². The zero-order chi connectivity index (χ0) is 13.8. The summed E-state index contributed by atoms with van der Waals surface area (Å²) in [7, 11) is 0. The third-order valence-electron chi connectivity index (χ3n) is 2.90. The Bertz CT molecular complexity index is 542. The van der Waals surface area contributed by atoms with Crippen LogP contribution < -0.4 is 5.73 Å². The molecule has 102 valence electrons. The first-order chi connectivity index (χ1) is 9.11. The van der Waals surface area contributed by atoms with E-state index in [2.05, 4.69) is 23.4 Å². The van der Waals surface area contributed by atoms with Crippen LogP contribution in [0.5, 0.6) is 0 Å². The van der Waals surface area contributed by atoms with Gasteiger partial charge in [-0.2, -0.15) is 0 Å². The fourth-order valence-corrected chi connectivity index (χ4v) is 4.43. The van der Waals surface area contributed by atoms with Gasteiger partial charge in [-0.1, -0.05) is 48.5 Å². The van der Waals surface area contributed by atoms with Crippen molar-refractivity contribution in [2.45, 2.75) is 35.9 Å². The van der Waals surface area contributed by atoms with Crippen LogP contribution in [0.2, 0.25) is 5.02 Å². The van der Waals surface area contributed by atoms with Crippen LogP contribution in [0.3, 0.4) is 0 Å². The summed E-state index contributed by atoms with van der Waals surface area (Å²) in [5.41, 5.74) is 8.42. The number of nitrogens with zero attached hydrogens (tertiary/aromatic N) is 1. The van der Waals surface area contributed by atoms with E-state index in [1.165, 1.54) is 0 Å². The minimum atomic E-state index is 0.0640. The van der Waals surface area contributed by atoms with Gasteiger partial charge < -0.3 is 5.73 Å². The lowest BCUT2D eigenvalue weighted by Crippen LogP contribution is -2.25. The maximum Gasteiger partial charge on any atom is 0.150 e. The fourth-order valence-electron chi connectivity index (χ4n) is 1.80. The molecule has 2 nitrogen and oxygen atoms in total. The van der Waals surface area contributed by atoms with Gasteiger partial charge in [0.15, 0.2) is 4.34 Å². The van der Waals surface area contributed by atoms with E-state index in [0.29, 0.717) is 0 Å². The van der Waals surface area contributed by atoms with Gasteiger partial charge in [-0.3, -0.25) is 0 Å². The highest BCUT2D eigenvalue weighted by Crippen LogP contribution is 2.41. The second kappa shape index (κ2) is 6.75. The van der Waals surface area contributed by atoms with Crippen LogP contribution in [0.4, 0.5) is 0 Å². The summed E-state index contributed by atoms with van der Waals surface area (Å²) in [6.45, 7) is 4.10. The molecule has 1 aromatic carbocycles. The van der Waals surface area contributed by atoms with Gasteiger partial charge in [0.05, 0.1) is 5.25 Å². The van der Waals surface area contributed by atoms with Crippen molar-refractivity contribution in [1.29, 1.82) is 0 Å². The van der Waals surface area contributed by atoms with Gasteiger partial charge in [-0.05, 0) is 25.0 Å². The van der Waals surface area contributed by atoms with Gasteiger partial charge in [0.1, 0.15) is 0 Å². The van der Waals surface area contributed by atoms with Gasteiger partial charge in [-0.15, -0.1) is 11.3 Å². The van der Waals surface area contributed by atoms with Crippen molar-refractivity contribution in [3.63, 3.8) is 0 Å². The van der Waals surface area contributed by atoms with Crippen molar-refractivity contribution in [2.24, 2.45) is 5.73 Å². The van der Waals surface area contributed by atoms with E-state index in [1.54, 1.807) is 23.1 Å². The lowest BCUT2D eigenvalue weighted by molar-refractivity contribution is 0.634. The summed E-state index contributed by atoms with van der Waals surface area (Å²) in [6, 6.07) is 7.98. The number of halogens is 1. The van der Waals surface area contributed by atoms with E-state index in [9.17, 15) is 0 Å². The molecule has 2 unspecified atom stereocenters. The molecule has 0 amide bonds. The number of rotatable bonds is 5. The molecule has 0 fully saturated rings. The van der Waals surface area contributed by atoms with Crippen LogP contribution in [0.25, 0.3) is 0 Å². The summed E-state index contributed by atoms with van der Waals surface area (Å²) in [5, 5.41) is 2.98. The molecule has 0 spiro atoms. The zero-order valence-electron chi connectivity index (χ0n) is 11.0. The molecule has 2 rings (SSSR count). The van der Waals surface area contributed by atoms with Gasteiger partial charge in [0, 0.05) is 22.1 Å². The first-order valence-electron chi connectivity index (χ1n) is 6.20. The molecule has 2 N–H and O–H groups in total. The number of hydrogen-bond acceptors (Lipinski definition) is 4. The number of nitrogens with two attached hydrogens (primary N) is 1. The lowest BCUT2D eigenvalue weighted by Gasteiger charge is -2.22. The molecular formula is C14H17ClN2S2. The molecular weight excluding hydrogens is 296 g/mol. The molecule has 0 aliphatic heterocycles. The van der Waals surface area contributed by atoms with Crippen molar-refractivity contribution in [1.82, 2.24) is 4.98 Å². The summed E-state index contributed by atoms with van der Waals surface area (Å²) in [6.07, 6.45) is 0.910. The van der Waals surface area contributed by atoms with E-state index in [-0.39, 0.29) is 11.3 Å². The van der Waals surface area contributed by atoms with Crippen LogP contribution in [-0.2, 0) is 0 Å². The number of hydrogen-bond donors (Lipinski definition) is 1. The minimum Gasteiger partial charge on any atom is -0.326 e. The predicted octanol–water partition coefficient (Wildman–Crippen LogP) is 4.68. The van der Waals surface area contributed by atoms with Crippen LogP contribution in [-0.4, -0.2) is 11.0 Å². The van der Waals surface area contributed by atoms with E-state index < -0.39 is 0 Å². The average molecular weight is 313 g/mol. The maximum absolute atomic E-state index is 6.31. The molecule has 0 aliphatic carbocycles. The van der Waals surface area contributed by atoms with Gasteiger partial charge in [0.25, 0.3) is 0 Å². The van der Waals surface area contributed by atoms with Crippen LogP contribution >= 0.6 is 34.7 Å². The van der Waals surface area contributed by atoms with Gasteiger partial charge in [-0.25, -0.2) is 4.98 Å². The predicted molar refractivity (Wildman–Crippen MR) is 85.2 cm³/mol. The van der Waals surface area contributed by atoms with Crippen molar-refractivity contribution >= 4 is 34.7 Å². The van der Waals surface area contributed by atoms with E-state index in [4.69, 9.17) is 17.3 Å². The quantitative estimate of drug-likeness (QED) is 0.815. The molecule has 2 atom stereocenters. The molecule has 1 aromatic heterocycles. The maximum atomic E-state index is 6.31. The second-order valence-electron chi connectivity index (χ2n) is 4.39. The minimum absolute atomic E-state index is 0.0640. The Kier molecular flexibility index (Phi) is 5.28. The van der Waals surface area contributed by atoms with Crippen LogP contribution in [0, 0.1) is 6.92 Å². The number of thiazole rings is 1. The molecule has 0 saturated heterocycles. The number of thioether (sulfide) groups is 1. The molecule has 19 heavy (non-hydrogen) atoms. The fraction of sp³-hybridized carbons (Fsp3) is 0.357. The molecule has 0 saturated carbocycles. The highest BCUT2D eigenvalue weighted by molar-refractivity contribution is 8.01. The van der Waals surface area contributed by atoms with E-state index >= 15 is 0 Å². The van der Waals surface area contributed by atoms with Gasteiger partial charge in [0.2, 0.25) is 0 Å². The summed E-state index contributed by atoms with van der Waals surface area (Å²) in [5.74, 6) is 0. The summed E-state index contributed by atoms with van der Waals surface area (Å²) < 4.78 is 1.05. The van der Waals surface area contributed by atoms with E-state index in [1.807, 2.05) is 25.1 Å². The van der Waals surface area contributed by atoms with Crippen molar-refractivity contribution in [2.75, 3.05) is 0 Å². The van der Waals surface area contributed by atoms with Crippen molar-refractivity contribution < 1.29 is 0 Å². The molecule has 0 radical (unpaired) electrons. The monoisotopic (exact) mass is 312 g/mol. The first kappa shape index (κ1) is 14.9. The SMILES string of the molecule is CCC(N)C(Sc1nc(C)cs1)c1ccccc1Cl. The molecule has 0 aliphatic rings. The molecule has 2 aromatic rings. The summed E-state index contributed by atoms with van der Waals surface area (Å²) >= 11 is 9.67. The van der Waals surface area contributed by atoms with Crippen molar-refractivity contribution in [3.8, 4) is 0 Å². The Labute approximate surface area is 127 Å². The number of aryl methyl sites for hydroxylation is 1. The van der Waals surface area contributed by atoms with Crippen LogP contribution in [0.15, 0.2) is 34.0 Å². The average Bonchev–Trinajstić information content (AvgIpc) is 2.82. The highest BCUT2D eigenvalue weighted by Gasteiger charge is 2.23. The smallest absolute Gasteiger partial charge is 0.150 e. The standard InChI is InChI=1S/C14H17ClN2S2/c1-3-12(16)13(10-6-4-5-7-11(10)15)19-14-17-9(2)8-18-14/h4-8,12-13H,3,16H2,1-2H3. The second-order valence-corrected chi connectivity index (χ2v) is 7.04. The Balaban J connectivity index is 2.29. The zero-order valence-corrected chi connectivity index (χ0v) is 13.4. The number of benzene rings is 1. The van der Waals surface area contributed by atoms with Gasteiger partial charge >= 0.3 is 0 Å². The topological polar surface area (TPSA) is 38.9 Å². The normalized spacial score (nSPS) is 14.3. The largest absolute Gasteiger partial charge is 0.326 e. The third-order valence-corrected chi connectivity index (χ3v) is 5.72. The number of aromatic nitrogens is 1. The van der Waals surface area contributed by atoms with Crippen molar-refractivity contribution in [3.05, 3.63) is 45.9 Å². The molecule has 0 bridgehead atoms. The summed E-state index contributed by atoms with van der Waals surface area (Å²) in [4.78, 5) is 4.51. The Hall–Kier alpha value is -0.550. The Morgan fingerprint density at radius 3 is 2.74 bits per heavy atom. The first-order valence-corrected chi connectivity index (χ1v) is 8.34. The molecule has 1 heterocycles. The highest BCUT2D eigenvalue weighted by atomic mass is 35.5. The Morgan fingerprint density at radius 1 is 1.42 bits per heavy atom. The Morgan fingerprint density at radius 2 is 2.16 bits per heavy atom. The van der Waals surface area contributed by atoms with Crippen LogP contribution in [0.1, 0.15) is 29.9 Å². The lowest BCUT2D eigenvalue weighted by atomic mass is 10.0. The third kappa shape index (κ3) is 3.72. The molecule has 5 heteroatoms.